The number of rotatable bonds is 4. The van der Waals surface area contributed by atoms with Crippen LogP contribution in [0.3, 0.4) is 0 Å². The van der Waals surface area contributed by atoms with Gasteiger partial charge in [-0.25, -0.2) is 0 Å². The van der Waals surface area contributed by atoms with Crippen LogP contribution in [0.4, 0.5) is 0 Å². The number of aromatic nitrogens is 1. The van der Waals surface area contributed by atoms with Gasteiger partial charge >= 0.3 is 0 Å². The summed E-state index contributed by atoms with van der Waals surface area (Å²) in [6.07, 6.45) is 8.17. The number of pyridine rings is 1. The second-order valence-corrected chi connectivity index (χ2v) is 5.69. The zero-order valence-corrected chi connectivity index (χ0v) is 11.5. The zero-order valence-electron chi connectivity index (χ0n) is 11.5. The van der Waals surface area contributed by atoms with Crippen molar-refractivity contribution in [1.29, 1.82) is 0 Å². The van der Waals surface area contributed by atoms with Crippen LogP contribution in [0.15, 0.2) is 29.4 Å². The molecule has 19 heavy (non-hydrogen) atoms. The molecular formula is C15H22N4. The molecule has 0 atom stereocenters. The average Bonchev–Trinajstić information content (AvgIpc) is 3.21. The summed E-state index contributed by atoms with van der Waals surface area (Å²) < 4.78 is 0. The van der Waals surface area contributed by atoms with Gasteiger partial charge in [-0.3, -0.25) is 9.98 Å². The molecule has 0 radical (unpaired) electrons. The predicted octanol–water partition coefficient (Wildman–Crippen LogP) is 1.83. The summed E-state index contributed by atoms with van der Waals surface area (Å²) in [5.74, 6) is 0.935. The van der Waals surface area contributed by atoms with Gasteiger partial charge in [-0.1, -0.05) is 12.5 Å². The minimum atomic E-state index is 0.211. The molecule has 0 unspecified atom stereocenters. The van der Waals surface area contributed by atoms with E-state index in [1.807, 2.05) is 19.3 Å². The lowest BCUT2D eigenvalue weighted by Crippen LogP contribution is -2.49. The second kappa shape index (κ2) is 5.19. The topological polar surface area (TPSA) is 49.3 Å². The molecule has 2 fully saturated rings. The molecule has 2 aliphatic carbocycles. The first-order valence-electron chi connectivity index (χ1n) is 7.21. The van der Waals surface area contributed by atoms with Crippen molar-refractivity contribution < 1.29 is 0 Å². The molecule has 0 amide bonds. The lowest BCUT2D eigenvalue weighted by molar-refractivity contribution is 0.237. The van der Waals surface area contributed by atoms with E-state index in [1.165, 1.54) is 37.8 Å². The number of hydrogen-bond acceptors (Lipinski definition) is 2. The van der Waals surface area contributed by atoms with E-state index in [9.17, 15) is 0 Å². The van der Waals surface area contributed by atoms with Crippen LogP contribution < -0.4 is 10.6 Å². The van der Waals surface area contributed by atoms with Gasteiger partial charge in [0.25, 0.3) is 0 Å². The molecule has 1 aromatic rings. The summed E-state index contributed by atoms with van der Waals surface area (Å²) in [7, 11) is 1.84. The van der Waals surface area contributed by atoms with Gasteiger partial charge in [-0.2, -0.15) is 0 Å². The summed E-state index contributed by atoms with van der Waals surface area (Å²) in [6.45, 7) is 0.927. The molecule has 2 aliphatic rings. The molecule has 0 aliphatic heterocycles. The third-order valence-corrected chi connectivity index (χ3v) is 4.25. The lowest BCUT2D eigenvalue weighted by atomic mass is 9.66. The predicted molar refractivity (Wildman–Crippen MR) is 77.3 cm³/mol. The van der Waals surface area contributed by atoms with E-state index < -0.39 is 0 Å². The molecule has 4 heteroatoms. The first-order valence-corrected chi connectivity index (χ1v) is 7.21. The first-order chi connectivity index (χ1) is 9.32. The molecule has 0 bridgehead atoms. The number of aliphatic imine (C=N–C) groups is 1. The Bertz CT molecular complexity index is 446. The summed E-state index contributed by atoms with van der Waals surface area (Å²) in [5, 5.41) is 6.91. The maximum atomic E-state index is 4.55. The Morgan fingerprint density at radius 1 is 1.42 bits per heavy atom. The van der Waals surface area contributed by atoms with Crippen molar-refractivity contribution in [1.82, 2.24) is 15.6 Å². The lowest BCUT2D eigenvalue weighted by Gasteiger charge is -2.41. The molecule has 3 rings (SSSR count). The van der Waals surface area contributed by atoms with E-state index in [-0.39, 0.29) is 5.41 Å². The van der Waals surface area contributed by atoms with Crippen LogP contribution in [-0.4, -0.2) is 30.6 Å². The Kier molecular flexibility index (Phi) is 3.40. The van der Waals surface area contributed by atoms with Gasteiger partial charge in [0.1, 0.15) is 0 Å². The minimum absolute atomic E-state index is 0.211. The maximum Gasteiger partial charge on any atom is 0.191 e. The van der Waals surface area contributed by atoms with Crippen molar-refractivity contribution in [3.63, 3.8) is 0 Å². The van der Waals surface area contributed by atoms with Crippen LogP contribution in [0.1, 0.15) is 37.8 Å². The third-order valence-electron chi connectivity index (χ3n) is 4.25. The van der Waals surface area contributed by atoms with E-state index in [2.05, 4.69) is 32.7 Å². The number of hydrogen-bond donors (Lipinski definition) is 2. The van der Waals surface area contributed by atoms with Crippen LogP contribution in [-0.2, 0) is 5.41 Å². The standard InChI is InChI=1S/C15H22N4/c1-16-14(19-12-6-7-12)18-11-15(8-4-9-15)13-5-2-3-10-17-13/h2-3,5,10,12H,4,6-9,11H2,1H3,(H2,16,18,19). The van der Waals surface area contributed by atoms with Gasteiger partial charge < -0.3 is 10.6 Å². The van der Waals surface area contributed by atoms with Crippen molar-refractivity contribution in [2.75, 3.05) is 13.6 Å². The van der Waals surface area contributed by atoms with Gasteiger partial charge in [-0.05, 0) is 37.8 Å². The van der Waals surface area contributed by atoms with Crippen molar-refractivity contribution >= 4 is 5.96 Å². The van der Waals surface area contributed by atoms with Gasteiger partial charge in [0.05, 0.1) is 0 Å². The third kappa shape index (κ3) is 2.72. The maximum absolute atomic E-state index is 4.55. The minimum Gasteiger partial charge on any atom is -0.355 e. The summed E-state index contributed by atoms with van der Waals surface area (Å²) in [6, 6.07) is 6.85. The van der Waals surface area contributed by atoms with E-state index >= 15 is 0 Å². The fourth-order valence-electron chi connectivity index (χ4n) is 2.67. The van der Waals surface area contributed by atoms with Crippen LogP contribution >= 0.6 is 0 Å². The number of nitrogens with zero attached hydrogens (tertiary/aromatic N) is 2. The van der Waals surface area contributed by atoms with Crippen molar-refractivity contribution in [2.45, 2.75) is 43.6 Å². The molecule has 0 aromatic carbocycles. The Morgan fingerprint density at radius 3 is 2.79 bits per heavy atom. The molecule has 4 nitrogen and oxygen atoms in total. The molecule has 0 saturated heterocycles. The van der Waals surface area contributed by atoms with E-state index in [0.29, 0.717) is 6.04 Å². The summed E-state index contributed by atoms with van der Waals surface area (Å²) in [4.78, 5) is 8.85. The summed E-state index contributed by atoms with van der Waals surface area (Å²) >= 11 is 0. The van der Waals surface area contributed by atoms with Crippen LogP contribution in [0.25, 0.3) is 0 Å². The number of nitrogens with one attached hydrogen (secondary N) is 2. The summed E-state index contributed by atoms with van der Waals surface area (Å²) in [5.41, 5.74) is 1.43. The van der Waals surface area contributed by atoms with Crippen LogP contribution in [0.2, 0.25) is 0 Å². The van der Waals surface area contributed by atoms with E-state index in [4.69, 9.17) is 0 Å². The Morgan fingerprint density at radius 2 is 2.26 bits per heavy atom. The van der Waals surface area contributed by atoms with E-state index in [0.717, 1.165) is 12.5 Å². The highest BCUT2D eigenvalue weighted by atomic mass is 15.2. The Labute approximate surface area is 114 Å². The quantitative estimate of drug-likeness (QED) is 0.640. The fourth-order valence-corrected chi connectivity index (χ4v) is 2.67. The zero-order chi connectivity index (χ0) is 13.1. The SMILES string of the molecule is CN=C(NCC1(c2ccccn2)CCC1)NC1CC1. The van der Waals surface area contributed by atoms with Crippen LogP contribution in [0, 0.1) is 0 Å². The van der Waals surface area contributed by atoms with Crippen molar-refractivity contribution in [3.8, 4) is 0 Å². The van der Waals surface area contributed by atoms with Gasteiger partial charge in [0.2, 0.25) is 0 Å². The fraction of sp³-hybridized carbons (Fsp3) is 0.600. The normalized spacial score (nSPS) is 21.6. The highest BCUT2D eigenvalue weighted by Crippen LogP contribution is 2.42. The molecule has 1 heterocycles. The molecule has 0 spiro atoms. The molecule has 102 valence electrons. The van der Waals surface area contributed by atoms with Gasteiger partial charge in [0.15, 0.2) is 5.96 Å². The highest BCUT2D eigenvalue weighted by molar-refractivity contribution is 5.80. The molecule has 1 aromatic heterocycles. The second-order valence-electron chi connectivity index (χ2n) is 5.69. The van der Waals surface area contributed by atoms with Crippen molar-refractivity contribution in [2.24, 2.45) is 4.99 Å². The molecule has 2 saturated carbocycles. The van der Waals surface area contributed by atoms with E-state index in [1.54, 1.807) is 0 Å². The first kappa shape index (κ1) is 12.5. The molecule has 2 N–H and O–H groups in total. The van der Waals surface area contributed by atoms with Gasteiger partial charge in [0, 0.05) is 36.9 Å². The van der Waals surface area contributed by atoms with Gasteiger partial charge in [-0.15, -0.1) is 0 Å². The molecular weight excluding hydrogens is 236 g/mol. The number of guanidine groups is 1. The Balaban J connectivity index is 1.63. The Hall–Kier alpha value is -1.58. The largest absolute Gasteiger partial charge is 0.355 e. The monoisotopic (exact) mass is 258 g/mol. The highest BCUT2D eigenvalue weighted by Gasteiger charge is 2.40. The van der Waals surface area contributed by atoms with Crippen molar-refractivity contribution in [3.05, 3.63) is 30.1 Å². The average molecular weight is 258 g/mol. The smallest absolute Gasteiger partial charge is 0.191 e. The van der Waals surface area contributed by atoms with Crippen LogP contribution in [0.5, 0.6) is 0 Å².